The van der Waals surface area contributed by atoms with E-state index in [4.69, 9.17) is 9.97 Å². The van der Waals surface area contributed by atoms with E-state index in [9.17, 15) is 0 Å². The summed E-state index contributed by atoms with van der Waals surface area (Å²) >= 11 is 1.74. The molecule has 0 aliphatic carbocycles. The molecule has 0 radical (unpaired) electrons. The molecule has 6 heteroatoms. The van der Waals surface area contributed by atoms with Crippen molar-refractivity contribution in [3.05, 3.63) is 53.2 Å². The summed E-state index contributed by atoms with van der Waals surface area (Å²) < 4.78 is 0. The van der Waals surface area contributed by atoms with E-state index in [1.807, 2.05) is 18.3 Å². The van der Waals surface area contributed by atoms with Crippen LogP contribution in [0, 0.1) is 6.92 Å². The van der Waals surface area contributed by atoms with E-state index in [0.29, 0.717) is 0 Å². The Balaban J connectivity index is 1.68. The Morgan fingerprint density at radius 1 is 0.966 bits per heavy atom. The Morgan fingerprint density at radius 2 is 1.69 bits per heavy atom. The van der Waals surface area contributed by atoms with Gasteiger partial charge in [-0.2, -0.15) is 4.98 Å². The molecule has 29 heavy (non-hydrogen) atoms. The van der Waals surface area contributed by atoms with Gasteiger partial charge >= 0.3 is 0 Å². The normalized spacial score (nSPS) is 10.9. The second-order valence-corrected chi connectivity index (χ2v) is 8.27. The van der Waals surface area contributed by atoms with Crippen molar-refractivity contribution in [2.24, 2.45) is 0 Å². The van der Waals surface area contributed by atoms with Crippen molar-refractivity contribution in [1.29, 1.82) is 0 Å². The van der Waals surface area contributed by atoms with Gasteiger partial charge in [0.1, 0.15) is 10.8 Å². The smallest absolute Gasteiger partial charge is 0.227 e. The minimum atomic E-state index is 0.719. The van der Waals surface area contributed by atoms with Crippen LogP contribution in [0.4, 0.5) is 11.8 Å². The van der Waals surface area contributed by atoms with Crippen LogP contribution in [0.15, 0.2) is 42.6 Å². The number of aromatic nitrogens is 3. The van der Waals surface area contributed by atoms with Gasteiger partial charge in [-0.3, -0.25) is 0 Å². The predicted octanol–water partition coefficient (Wildman–Crippen LogP) is 5.93. The van der Waals surface area contributed by atoms with Crippen LogP contribution in [0.3, 0.4) is 0 Å². The van der Waals surface area contributed by atoms with E-state index in [1.165, 1.54) is 23.3 Å². The molecule has 0 unspecified atom stereocenters. The van der Waals surface area contributed by atoms with E-state index in [2.05, 4.69) is 60.2 Å². The molecule has 0 atom stereocenters. The van der Waals surface area contributed by atoms with Crippen molar-refractivity contribution in [2.75, 3.05) is 23.3 Å². The Bertz CT molecular complexity index is 870. The maximum atomic E-state index is 4.78. The molecule has 154 valence electrons. The molecule has 0 spiro atoms. The highest BCUT2D eigenvalue weighted by molar-refractivity contribution is 7.15. The summed E-state index contributed by atoms with van der Waals surface area (Å²) in [6.45, 7) is 9.25. The van der Waals surface area contributed by atoms with Crippen LogP contribution >= 0.6 is 11.3 Å². The third-order valence-corrected chi connectivity index (χ3v) is 6.04. The summed E-state index contributed by atoms with van der Waals surface area (Å²) in [5.41, 5.74) is 2.24. The molecule has 0 fully saturated rings. The molecule has 1 N–H and O–H groups in total. The minimum Gasteiger partial charge on any atom is -0.365 e. The van der Waals surface area contributed by atoms with Crippen LogP contribution < -0.4 is 10.2 Å². The van der Waals surface area contributed by atoms with Crippen LogP contribution in [0.1, 0.15) is 50.1 Å². The maximum absolute atomic E-state index is 4.78. The van der Waals surface area contributed by atoms with Gasteiger partial charge in [0.15, 0.2) is 0 Å². The van der Waals surface area contributed by atoms with Crippen LogP contribution in [-0.4, -0.2) is 28.0 Å². The Hall–Kier alpha value is -2.47. The molecule has 5 nitrogen and oxygen atoms in total. The molecule has 0 aliphatic rings. The SMILES string of the molecule is CCCCN(CCCC)c1nccc(NCc2sc(-c3ccccc3)nc2C)n1. The molecule has 0 saturated carbocycles. The first-order chi connectivity index (χ1) is 14.2. The lowest BCUT2D eigenvalue weighted by atomic mass is 10.2. The van der Waals surface area contributed by atoms with E-state index in [-0.39, 0.29) is 0 Å². The molecule has 0 amide bonds. The topological polar surface area (TPSA) is 53.9 Å². The summed E-state index contributed by atoms with van der Waals surface area (Å²) in [4.78, 5) is 17.6. The molecule has 0 saturated heterocycles. The van der Waals surface area contributed by atoms with Gasteiger partial charge in [0.05, 0.1) is 12.2 Å². The van der Waals surface area contributed by atoms with E-state index in [0.717, 1.165) is 54.9 Å². The third-order valence-electron chi connectivity index (χ3n) is 4.83. The number of hydrogen-bond donors (Lipinski definition) is 1. The lowest BCUT2D eigenvalue weighted by Crippen LogP contribution is -2.27. The fraction of sp³-hybridized carbons (Fsp3) is 0.435. The first-order valence-electron chi connectivity index (χ1n) is 10.5. The lowest BCUT2D eigenvalue weighted by molar-refractivity contribution is 0.663. The second-order valence-electron chi connectivity index (χ2n) is 7.18. The Kier molecular flexibility index (Phi) is 7.99. The molecule has 3 aromatic rings. The first-order valence-corrected chi connectivity index (χ1v) is 11.4. The quantitative estimate of drug-likeness (QED) is 0.425. The standard InChI is InChI=1S/C23H31N5S/c1-4-6-15-28(16-7-5-2)23-24-14-13-21(27-23)25-17-20-18(3)26-22(29-20)19-11-9-8-10-12-19/h8-14H,4-7,15-17H2,1-3H3,(H,24,25,27). The van der Waals surface area contributed by atoms with Crippen molar-refractivity contribution in [3.8, 4) is 10.6 Å². The fourth-order valence-electron chi connectivity index (χ4n) is 3.08. The molecule has 1 aromatic carbocycles. The van der Waals surface area contributed by atoms with Crippen molar-refractivity contribution >= 4 is 23.1 Å². The van der Waals surface area contributed by atoms with Gasteiger partial charge in [-0.05, 0) is 25.8 Å². The highest BCUT2D eigenvalue weighted by Crippen LogP contribution is 2.28. The maximum Gasteiger partial charge on any atom is 0.227 e. The lowest BCUT2D eigenvalue weighted by Gasteiger charge is -2.22. The van der Waals surface area contributed by atoms with Gasteiger partial charge in [-0.1, -0.05) is 57.0 Å². The average molecular weight is 410 g/mol. The van der Waals surface area contributed by atoms with E-state index < -0.39 is 0 Å². The van der Waals surface area contributed by atoms with E-state index >= 15 is 0 Å². The number of thiazole rings is 1. The minimum absolute atomic E-state index is 0.719. The van der Waals surface area contributed by atoms with Crippen molar-refractivity contribution in [1.82, 2.24) is 15.0 Å². The highest BCUT2D eigenvalue weighted by atomic mass is 32.1. The third kappa shape index (κ3) is 6.00. The molecule has 2 aromatic heterocycles. The van der Waals surface area contributed by atoms with Gasteiger partial charge in [0, 0.05) is 29.7 Å². The Labute approximate surface area is 178 Å². The monoisotopic (exact) mass is 409 g/mol. The van der Waals surface area contributed by atoms with E-state index in [1.54, 1.807) is 11.3 Å². The summed E-state index contributed by atoms with van der Waals surface area (Å²) in [6, 6.07) is 12.3. The van der Waals surface area contributed by atoms with Gasteiger partial charge in [-0.15, -0.1) is 11.3 Å². The predicted molar refractivity (Wildman–Crippen MR) is 124 cm³/mol. The van der Waals surface area contributed by atoms with Crippen LogP contribution in [-0.2, 0) is 6.54 Å². The van der Waals surface area contributed by atoms with Crippen molar-refractivity contribution in [3.63, 3.8) is 0 Å². The zero-order chi connectivity index (χ0) is 20.5. The molecule has 2 heterocycles. The summed E-state index contributed by atoms with van der Waals surface area (Å²) in [6.07, 6.45) is 6.52. The summed E-state index contributed by atoms with van der Waals surface area (Å²) in [5, 5.41) is 4.53. The molecule has 0 bridgehead atoms. The molecule has 0 aliphatic heterocycles. The second kappa shape index (κ2) is 10.9. The van der Waals surface area contributed by atoms with Gasteiger partial charge in [-0.25, -0.2) is 9.97 Å². The van der Waals surface area contributed by atoms with Crippen LogP contribution in [0.25, 0.3) is 10.6 Å². The number of nitrogens with zero attached hydrogens (tertiary/aromatic N) is 4. The van der Waals surface area contributed by atoms with Crippen LogP contribution in [0.5, 0.6) is 0 Å². The summed E-state index contributed by atoms with van der Waals surface area (Å²) in [7, 11) is 0. The van der Waals surface area contributed by atoms with Gasteiger partial charge in [0.2, 0.25) is 5.95 Å². The molecular weight excluding hydrogens is 378 g/mol. The average Bonchev–Trinajstić information content (AvgIpc) is 3.14. The van der Waals surface area contributed by atoms with Crippen molar-refractivity contribution < 1.29 is 0 Å². The van der Waals surface area contributed by atoms with Crippen molar-refractivity contribution in [2.45, 2.75) is 53.0 Å². The number of nitrogens with one attached hydrogen (secondary N) is 1. The van der Waals surface area contributed by atoms with Crippen LogP contribution in [0.2, 0.25) is 0 Å². The number of rotatable bonds is 11. The number of aryl methyl sites for hydroxylation is 1. The van der Waals surface area contributed by atoms with Gasteiger partial charge in [0.25, 0.3) is 0 Å². The largest absolute Gasteiger partial charge is 0.365 e. The number of hydrogen-bond acceptors (Lipinski definition) is 6. The first kappa shape index (κ1) is 21.2. The summed E-state index contributed by atoms with van der Waals surface area (Å²) in [5.74, 6) is 1.69. The molecule has 3 rings (SSSR count). The zero-order valence-electron chi connectivity index (χ0n) is 17.7. The number of anilines is 2. The Morgan fingerprint density at radius 3 is 2.38 bits per heavy atom. The number of unbranched alkanes of at least 4 members (excludes halogenated alkanes) is 2. The fourth-order valence-corrected chi connectivity index (χ4v) is 4.08. The number of benzene rings is 1. The zero-order valence-corrected chi connectivity index (χ0v) is 18.5. The van der Waals surface area contributed by atoms with Gasteiger partial charge < -0.3 is 10.2 Å². The molecular formula is C23H31N5S. The highest BCUT2D eigenvalue weighted by Gasteiger charge is 2.12.